The lowest BCUT2D eigenvalue weighted by atomic mass is 10.1. The number of carbonyl (C=O) groups excluding carboxylic acids is 1. The van der Waals surface area contributed by atoms with Gasteiger partial charge < -0.3 is 5.32 Å². The Balaban J connectivity index is 1.65. The number of carbonyl (C=O) groups is 1. The Morgan fingerprint density at radius 2 is 2.25 bits per heavy atom. The van der Waals surface area contributed by atoms with E-state index >= 15 is 0 Å². The van der Waals surface area contributed by atoms with E-state index in [-0.39, 0.29) is 11.8 Å². The minimum absolute atomic E-state index is 0.110. The van der Waals surface area contributed by atoms with E-state index in [1.165, 1.54) is 5.56 Å². The fourth-order valence-electron chi connectivity index (χ4n) is 2.16. The Hall–Kier alpha value is -1.20. The first-order valence-corrected chi connectivity index (χ1v) is 8.23. The zero-order valence-electron chi connectivity index (χ0n) is 11.1. The summed E-state index contributed by atoms with van der Waals surface area (Å²) in [6, 6.07) is 8.16. The lowest BCUT2D eigenvalue weighted by Gasteiger charge is -2.01. The molecule has 0 spiro atoms. The number of hydrogen-bond acceptors (Lipinski definition) is 3. The highest BCUT2D eigenvalue weighted by molar-refractivity contribution is 9.10. The molecule has 3 rings (SSSR count). The fraction of sp³-hybridized carbons (Fsp3) is 0.333. The fourth-order valence-corrected chi connectivity index (χ4v) is 3.43. The van der Waals surface area contributed by atoms with Gasteiger partial charge in [-0.05, 0) is 24.0 Å². The van der Waals surface area contributed by atoms with Crippen molar-refractivity contribution in [2.75, 3.05) is 5.32 Å². The maximum Gasteiger partial charge on any atom is 0.229 e. The van der Waals surface area contributed by atoms with Crippen molar-refractivity contribution in [1.82, 2.24) is 4.98 Å². The molecule has 1 aromatic carbocycles. The predicted octanol–water partition coefficient (Wildman–Crippen LogP) is 4.09. The average molecular weight is 351 g/mol. The number of nitrogens with one attached hydrogen (secondary N) is 1. The first-order valence-electron chi connectivity index (χ1n) is 6.62. The van der Waals surface area contributed by atoms with Crippen LogP contribution in [0.4, 0.5) is 5.13 Å². The van der Waals surface area contributed by atoms with Crippen molar-refractivity contribution in [3.63, 3.8) is 0 Å². The van der Waals surface area contributed by atoms with Gasteiger partial charge in [-0.25, -0.2) is 4.98 Å². The molecule has 1 aromatic heterocycles. The van der Waals surface area contributed by atoms with E-state index in [0.29, 0.717) is 11.0 Å². The lowest BCUT2D eigenvalue weighted by Crippen LogP contribution is -2.13. The molecule has 1 aliphatic carbocycles. The maximum absolute atomic E-state index is 11.9. The molecule has 1 heterocycles. The third kappa shape index (κ3) is 3.10. The number of anilines is 1. The lowest BCUT2D eigenvalue weighted by molar-refractivity contribution is -0.117. The van der Waals surface area contributed by atoms with Gasteiger partial charge in [-0.15, -0.1) is 11.3 Å². The molecule has 0 bridgehead atoms. The molecule has 1 amide bonds. The Morgan fingerprint density at radius 1 is 1.50 bits per heavy atom. The molecule has 1 saturated carbocycles. The maximum atomic E-state index is 11.9. The highest BCUT2D eigenvalue weighted by Gasteiger charge is 2.39. The molecule has 0 aliphatic heterocycles. The first-order chi connectivity index (χ1) is 9.63. The van der Waals surface area contributed by atoms with Gasteiger partial charge in [0.15, 0.2) is 5.13 Å². The van der Waals surface area contributed by atoms with Crippen LogP contribution in [-0.4, -0.2) is 10.9 Å². The topological polar surface area (TPSA) is 42.0 Å². The second kappa shape index (κ2) is 5.66. The molecule has 2 atom stereocenters. The zero-order chi connectivity index (χ0) is 14.1. The quantitative estimate of drug-likeness (QED) is 0.902. The van der Waals surface area contributed by atoms with Gasteiger partial charge in [0.2, 0.25) is 5.91 Å². The van der Waals surface area contributed by atoms with Crippen LogP contribution in [0.2, 0.25) is 0 Å². The van der Waals surface area contributed by atoms with Crippen molar-refractivity contribution in [3.8, 4) is 0 Å². The van der Waals surface area contributed by atoms with Crippen molar-refractivity contribution < 1.29 is 4.79 Å². The normalized spacial score (nSPS) is 20.7. The van der Waals surface area contributed by atoms with E-state index in [2.05, 4.69) is 39.2 Å². The smallest absolute Gasteiger partial charge is 0.229 e. The van der Waals surface area contributed by atoms with Crippen LogP contribution in [0.15, 0.2) is 34.9 Å². The number of nitrogens with zero attached hydrogens (tertiary/aromatic N) is 1. The summed E-state index contributed by atoms with van der Waals surface area (Å²) < 4.78 is 1.10. The highest BCUT2D eigenvalue weighted by Crippen LogP contribution is 2.38. The third-order valence-electron chi connectivity index (χ3n) is 3.55. The monoisotopic (exact) mass is 350 g/mol. The van der Waals surface area contributed by atoms with Crippen LogP contribution in [0.1, 0.15) is 23.8 Å². The molecule has 1 N–H and O–H groups in total. The summed E-state index contributed by atoms with van der Waals surface area (Å²) >= 11 is 5.10. The minimum atomic E-state index is 0.110. The van der Waals surface area contributed by atoms with Crippen molar-refractivity contribution in [3.05, 3.63) is 45.4 Å². The molecule has 2 aromatic rings. The van der Waals surface area contributed by atoms with Gasteiger partial charge in [0, 0.05) is 27.9 Å². The van der Waals surface area contributed by atoms with E-state index in [1.54, 1.807) is 11.3 Å². The molecule has 104 valence electrons. The highest BCUT2D eigenvalue weighted by atomic mass is 79.9. The number of halogens is 1. The Morgan fingerprint density at radius 3 is 2.95 bits per heavy atom. The van der Waals surface area contributed by atoms with Crippen molar-refractivity contribution in [2.45, 2.75) is 19.8 Å². The minimum Gasteiger partial charge on any atom is -0.302 e. The standard InChI is InChI=1S/C15H15BrN2OS/c1-9-6-12(9)14(19)18-15-17-8-11(20-15)7-10-4-2-3-5-13(10)16/h2-5,8-9,12H,6-7H2,1H3,(H,17,18,19). The van der Waals surface area contributed by atoms with Gasteiger partial charge in [0.1, 0.15) is 0 Å². The number of hydrogen-bond donors (Lipinski definition) is 1. The van der Waals surface area contributed by atoms with Crippen molar-refractivity contribution >= 4 is 38.3 Å². The molecule has 0 radical (unpaired) electrons. The van der Waals surface area contributed by atoms with Crippen LogP contribution in [0, 0.1) is 11.8 Å². The number of thiazole rings is 1. The van der Waals surface area contributed by atoms with Gasteiger partial charge in [0.05, 0.1) is 0 Å². The van der Waals surface area contributed by atoms with Gasteiger partial charge in [-0.1, -0.05) is 41.1 Å². The van der Waals surface area contributed by atoms with E-state index in [1.807, 2.05) is 24.4 Å². The average Bonchev–Trinajstić information content (AvgIpc) is 3.00. The van der Waals surface area contributed by atoms with Crippen LogP contribution >= 0.6 is 27.3 Å². The van der Waals surface area contributed by atoms with Crippen LogP contribution < -0.4 is 5.32 Å². The van der Waals surface area contributed by atoms with Crippen LogP contribution in [0.3, 0.4) is 0 Å². The van der Waals surface area contributed by atoms with Crippen molar-refractivity contribution in [2.24, 2.45) is 11.8 Å². The van der Waals surface area contributed by atoms with E-state index in [9.17, 15) is 4.79 Å². The summed E-state index contributed by atoms with van der Waals surface area (Å²) in [5.74, 6) is 0.819. The number of rotatable bonds is 4. The van der Waals surface area contributed by atoms with Crippen LogP contribution in [0.5, 0.6) is 0 Å². The summed E-state index contributed by atoms with van der Waals surface area (Å²) in [6.07, 6.45) is 3.67. The molecule has 1 aliphatic rings. The molecule has 5 heteroatoms. The zero-order valence-corrected chi connectivity index (χ0v) is 13.5. The van der Waals surface area contributed by atoms with Crippen LogP contribution in [0.25, 0.3) is 0 Å². The Kier molecular flexibility index (Phi) is 3.89. The van der Waals surface area contributed by atoms with E-state index in [0.717, 1.165) is 22.2 Å². The van der Waals surface area contributed by atoms with E-state index < -0.39 is 0 Å². The predicted molar refractivity (Wildman–Crippen MR) is 85.0 cm³/mol. The molecule has 1 fully saturated rings. The second-order valence-electron chi connectivity index (χ2n) is 5.21. The molecular weight excluding hydrogens is 336 g/mol. The first kappa shape index (κ1) is 13.8. The largest absolute Gasteiger partial charge is 0.302 e. The van der Waals surface area contributed by atoms with Gasteiger partial charge in [-0.2, -0.15) is 0 Å². The third-order valence-corrected chi connectivity index (χ3v) is 5.24. The molecule has 20 heavy (non-hydrogen) atoms. The van der Waals surface area contributed by atoms with E-state index in [4.69, 9.17) is 0 Å². The Labute approximate surface area is 130 Å². The summed E-state index contributed by atoms with van der Waals surface area (Å²) in [5.41, 5.74) is 1.23. The second-order valence-corrected chi connectivity index (χ2v) is 7.18. The molecular formula is C15H15BrN2OS. The summed E-state index contributed by atoms with van der Waals surface area (Å²) in [4.78, 5) is 17.3. The van der Waals surface area contributed by atoms with Gasteiger partial charge in [-0.3, -0.25) is 4.79 Å². The molecule has 0 saturated heterocycles. The summed E-state index contributed by atoms with van der Waals surface area (Å²) in [5, 5.41) is 3.62. The summed E-state index contributed by atoms with van der Waals surface area (Å²) in [6.45, 7) is 2.10. The van der Waals surface area contributed by atoms with Gasteiger partial charge in [0.25, 0.3) is 0 Å². The number of benzene rings is 1. The Bertz CT molecular complexity index is 640. The number of aromatic nitrogens is 1. The van der Waals surface area contributed by atoms with Gasteiger partial charge >= 0.3 is 0 Å². The number of amides is 1. The SMILES string of the molecule is CC1CC1C(=O)Nc1ncc(Cc2ccccc2Br)s1. The summed E-state index contributed by atoms with van der Waals surface area (Å²) in [7, 11) is 0. The molecule has 3 nitrogen and oxygen atoms in total. The van der Waals surface area contributed by atoms with Crippen molar-refractivity contribution in [1.29, 1.82) is 0 Å². The van der Waals surface area contributed by atoms with Crippen LogP contribution in [-0.2, 0) is 11.2 Å². The molecule has 2 unspecified atom stereocenters.